The standard InChI is InChI=1S/C17H19NO6/c1-11(16(21)23-2)10-18(7-8-19)15(20)13-9-12-5-3-4-6-14(12)24-17(13)22/h3-6,9,11,19H,7-8,10H2,1-2H3. The second-order valence-corrected chi connectivity index (χ2v) is 5.38. The van der Waals surface area contributed by atoms with E-state index >= 15 is 0 Å². The molecule has 0 saturated heterocycles. The van der Waals surface area contributed by atoms with Crippen molar-refractivity contribution in [1.29, 1.82) is 0 Å². The fourth-order valence-corrected chi connectivity index (χ4v) is 2.38. The van der Waals surface area contributed by atoms with E-state index in [4.69, 9.17) is 4.42 Å². The minimum atomic E-state index is -0.757. The van der Waals surface area contributed by atoms with Gasteiger partial charge >= 0.3 is 11.6 Å². The van der Waals surface area contributed by atoms with Crippen LogP contribution < -0.4 is 5.63 Å². The molecule has 0 saturated carbocycles. The average molecular weight is 333 g/mol. The van der Waals surface area contributed by atoms with Gasteiger partial charge in [-0.15, -0.1) is 0 Å². The summed E-state index contributed by atoms with van der Waals surface area (Å²) in [6.07, 6.45) is 0. The maximum absolute atomic E-state index is 12.6. The number of hydrogen-bond acceptors (Lipinski definition) is 6. The molecule has 7 heteroatoms. The predicted molar refractivity (Wildman–Crippen MR) is 86.7 cm³/mol. The number of para-hydroxylation sites is 1. The number of nitrogens with zero attached hydrogens (tertiary/aromatic N) is 1. The van der Waals surface area contributed by atoms with Crippen molar-refractivity contribution in [3.63, 3.8) is 0 Å². The summed E-state index contributed by atoms with van der Waals surface area (Å²) in [6.45, 7) is 1.33. The van der Waals surface area contributed by atoms with Crippen molar-refractivity contribution in [3.05, 3.63) is 46.3 Å². The lowest BCUT2D eigenvalue weighted by Gasteiger charge is -2.24. The zero-order chi connectivity index (χ0) is 17.7. The quantitative estimate of drug-likeness (QED) is 0.626. The number of carbonyl (C=O) groups is 2. The lowest BCUT2D eigenvalue weighted by molar-refractivity contribution is -0.145. The third-order valence-electron chi connectivity index (χ3n) is 3.63. The number of amides is 1. The number of aliphatic hydroxyl groups is 1. The van der Waals surface area contributed by atoms with Crippen molar-refractivity contribution in [2.24, 2.45) is 5.92 Å². The smallest absolute Gasteiger partial charge is 0.349 e. The largest absolute Gasteiger partial charge is 0.469 e. The van der Waals surface area contributed by atoms with E-state index in [1.165, 1.54) is 18.1 Å². The Hall–Kier alpha value is -2.67. The Balaban J connectivity index is 2.34. The zero-order valence-corrected chi connectivity index (χ0v) is 13.5. The molecule has 1 amide bonds. The maximum atomic E-state index is 12.6. The second kappa shape index (κ2) is 7.74. The summed E-state index contributed by atoms with van der Waals surface area (Å²) in [4.78, 5) is 37.5. The van der Waals surface area contributed by atoms with Crippen LogP contribution in [0.2, 0.25) is 0 Å². The van der Waals surface area contributed by atoms with Gasteiger partial charge in [0.2, 0.25) is 0 Å². The van der Waals surface area contributed by atoms with E-state index in [1.54, 1.807) is 31.2 Å². The Morgan fingerprint density at radius 3 is 2.71 bits per heavy atom. The first kappa shape index (κ1) is 17.7. The minimum Gasteiger partial charge on any atom is -0.469 e. The van der Waals surface area contributed by atoms with Crippen LogP contribution in [0.5, 0.6) is 0 Å². The van der Waals surface area contributed by atoms with E-state index in [0.29, 0.717) is 11.0 Å². The molecule has 0 aliphatic rings. The van der Waals surface area contributed by atoms with Gasteiger partial charge in [0.1, 0.15) is 11.1 Å². The van der Waals surface area contributed by atoms with Crippen molar-refractivity contribution in [2.75, 3.05) is 26.8 Å². The number of methoxy groups -OCH3 is 1. The van der Waals surface area contributed by atoms with E-state index < -0.39 is 23.4 Å². The van der Waals surface area contributed by atoms with E-state index in [1.807, 2.05) is 0 Å². The summed E-state index contributed by atoms with van der Waals surface area (Å²) in [5, 5.41) is 9.79. The topological polar surface area (TPSA) is 97.1 Å². The Morgan fingerprint density at radius 1 is 1.33 bits per heavy atom. The van der Waals surface area contributed by atoms with Crippen molar-refractivity contribution in [2.45, 2.75) is 6.92 Å². The fourth-order valence-electron chi connectivity index (χ4n) is 2.38. The van der Waals surface area contributed by atoms with Gasteiger partial charge in [0, 0.05) is 18.5 Å². The summed E-state index contributed by atoms with van der Waals surface area (Å²) in [5.74, 6) is -1.66. The molecule has 1 aromatic heterocycles. The van der Waals surface area contributed by atoms with Crippen LogP contribution in [0, 0.1) is 5.92 Å². The molecule has 1 unspecified atom stereocenters. The van der Waals surface area contributed by atoms with Crippen molar-refractivity contribution >= 4 is 22.8 Å². The molecule has 1 N–H and O–H groups in total. The van der Waals surface area contributed by atoms with Crippen molar-refractivity contribution in [1.82, 2.24) is 4.90 Å². The van der Waals surface area contributed by atoms with Gasteiger partial charge in [0.05, 0.1) is 19.6 Å². The molecule has 2 aromatic rings. The highest BCUT2D eigenvalue weighted by molar-refractivity contribution is 5.96. The van der Waals surface area contributed by atoms with Gasteiger partial charge in [0.15, 0.2) is 0 Å². The molecule has 128 valence electrons. The summed E-state index contributed by atoms with van der Waals surface area (Å²) >= 11 is 0. The minimum absolute atomic E-state index is 0.00751. The Labute approximate surface area is 138 Å². The van der Waals surface area contributed by atoms with Crippen molar-refractivity contribution in [3.8, 4) is 0 Å². The average Bonchev–Trinajstić information content (AvgIpc) is 2.59. The SMILES string of the molecule is COC(=O)C(C)CN(CCO)C(=O)c1cc2ccccc2oc1=O. The molecule has 1 atom stereocenters. The fraction of sp³-hybridized carbons (Fsp3) is 0.353. The molecule has 0 fully saturated rings. The van der Waals surface area contributed by atoms with E-state index in [2.05, 4.69) is 4.74 Å². The number of ether oxygens (including phenoxy) is 1. The number of benzene rings is 1. The molecule has 7 nitrogen and oxygen atoms in total. The molecule has 0 spiro atoms. The van der Waals surface area contributed by atoms with Crippen LogP contribution in [0.1, 0.15) is 17.3 Å². The third kappa shape index (κ3) is 3.80. The monoisotopic (exact) mass is 333 g/mol. The summed E-state index contributed by atoms with van der Waals surface area (Å²) in [6, 6.07) is 8.30. The molecule has 0 aliphatic heterocycles. The molecular formula is C17H19NO6. The maximum Gasteiger partial charge on any atom is 0.349 e. The van der Waals surface area contributed by atoms with Gasteiger partial charge in [0.25, 0.3) is 5.91 Å². The lowest BCUT2D eigenvalue weighted by atomic mass is 10.1. The molecule has 24 heavy (non-hydrogen) atoms. The van der Waals surface area contributed by atoms with Crippen molar-refractivity contribution < 1.29 is 23.8 Å². The summed E-state index contributed by atoms with van der Waals surface area (Å²) in [7, 11) is 1.26. The third-order valence-corrected chi connectivity index (χ3v) is 3.63. The Morgan fingerprint density at radius 2 is 2.04 bits per heavy atom. The summed E-state index contributed by atoms with van der Waals surface area (Å²) < 4.78 is 9.80. The normalized spacial score (nSPS) is 12.0. The van der Waals surface area contributed by atoms with E-state index in [-0.39, 0.29) is 25.3 Å². The number of rotatable bonds is 6. The van der Waals surface area contributed by atoms with Crippen LogP contribution in [0.25, 0.3) is 11.0 Å². The number of hydrogen-bond donors (Lipinski definition) is 1. The predicted octanol–water partition coefficient (Wildman–Crippen LogP) is 1.04. The van der Waals surface area contributed by atoms with Crippen LogP contribution >= 0.6 is 0 Å². The van der Waals surface area contributed by atoms with Gasteiger partial charge in [-0.2, -0.15) is 0 Å². The molecule has 2 rings (SSSR count). The van der Waals surface area contributed by atoms with Crippen LogP contribution in [-0.2, 0) is 9.53 Å². The van der Waals surface area contributed by atoms with E-state index in [9.17, 15) is 19.5 Å². The molecular weight excluding hydrogens is 314 g/mol. The van der Waals surface area contributed by atoms with E-state index in [0.717, 1.165) is 0 Å². The summed E-state index contributed by atoms with van der Waals surface area (Å²) in [5.41, 5.74) is -0.512. The van der Waals surface area contributed by atoms with Gasteiger partial charge in [-0.1, -0.05) is 25.1 Å². The highest BCUT2D eigenvalue weighted by Gasteiger charge is 2.24. The molecule has 1 heterocycles. The molecule has 0 radical (unpaired) electrons. The van der Waals surface area contributed by atoms with Gasteiger partial charge in [-0.05, 0) is 12.1 Å². The van der Waals surface area contributed by atoms with Gasteiger partial charge in [-0.3, -0.25) is 9.59 Å². The Bertz CT molecular complexity index is 797. The highest BCUT2D eigenvalue weighted by atomic mass is 16.5. The number of esters is 1. The number of aliphatic hydroxyl groups excluding tert-OH is 1. The molecule has 0 bridgehead atoms. The highest BCUT2D eigenvalue weighted by Crippen LogP contribution is 2.14. The number of carbonyl (C=O) groups excluding carboxylic acids is 2. The van der Waals surface area contributed by atoms with Crippen LogP contribution in [0.15, 0.2) is 39.5 Å². The van der Waals surface area contributed by atoms with Crippen LogP contribution in [-0.4, -0.2) is 48.7 Å². The first-order chi connectivity index (χ1) is 11.5. The molecule has 1 aromatic carbocycles. The first-order valence-electron chi connectivity index (χ1n) is 7.48. The lowest BCUT2D eigenvalue weighted by Crippen LogP contribution is -2.40. The van der Waals surface area contributed by atoms with Gasteiger partial charge < -0.3 is 19.2 Å². The zero-order valence-electron chi connectivity index (χ0n) is 13.5. The van der Waals surface area contributed by atoms with Crippen LogP contribution in [0.3, 0.4) is 0 Å². The van der Waals surface area contributed by atoms with Gasteiger partial charge in [-0.25, -0.2) is 4.79 Å². The first-order valence-corrected chi connectivity index (χ1v) is 7.48. The number of fused-ring (bicyclic) bond motifs is 1. The second-order valence-electron chi connectivity index (χ2n) is 5.38. The van der Waals surface area contributed by atoms with Crippen LogP contribution in [0.4, 0.5) is 0 Å². The Kier molecular flexibility index (Phi) is 5.70. The molecule has 0 aliphatic carbocycles.